The summed E-state index contributed by atoms with van der Waals surface area (Å²) in [7, 11) is 2.02. The number of pyridine rings is 1. The van der Waals surface area contributed by atoms with Gasteiger partial charge in [-0.2, -0.15) is 18.3 Å². The number of carbonyl (C=O) groups excluding carboxylic acids is 1. The van der Waals surface area contributed by atoms with E-state index in [2.05, 4.69) is 20.3 Å². The molecule has 0 saturated carbocycles. The number of halogens is 3. The molecular formula is C19H25F3N6O2. The molecule has 1 spiro atoms. The fraction of sp³-hybridized carbons (Fsp3) is 0.526. The monoisotopic (exact) mass is 426 g/mol. The van der Waals surface area contributed by atoms with Gasteiger partial charge in [0.25, 0.3) is 0 Å². The van der Waals surface area contributed by atoms with E-state index in [1.165, 1.54) is 6.20 Å². The number of hydrogen-bond donors (Lipinski definition) is 2. The van der Waals surface area contributed by atoms with Gasteiger partial charge in [0, 0.05) is 31.4 Å². The van der Waals surface area contributed by atoms with E-state index >= 15 is 0 Å². The van der Waals surface area contributed by atoms with Crippen LogP contribution >= 0.6 is 0 Å². The number of fused-ring (bicyclic) bond motifs is 2. The maximum atomic E-state index is 13.1. The minimum absolute atomic E-state index is 0.296. The number of ether oxygens (including phenoxy) is 1. The van der Waals surface area contributed by atoms with Crippen LogP contribution in [-0.2, 0) is 27.9 Å². The molecule has 164 valence electrons. The Hall–Kier alpha value is -2.66. The first-order valence-corrected chi connectivity index (χ1v) is 9.61. The van der Waals surface area contributed by atoms with Crippen molar-refractivity contribution >= 4 is 12.2 Å². The summed E-state index contributed by atoms with van der Waals surface area (Å²) in [5.41, 5.74) is 5.65. The zero-order valence-corrected chi connectivity index (χ0v) is 16.9. The van der Waals surface area contributed by atoms with Crippen molar-refractivity contribution in [1.29, 1.82) is 0 Å². The SMILES string of the molecule is CCNC=O.CN1CCC2(C1)OCCn1nc(-c3cnc(N)c(C(F)(F)F)c3)cc12. The summed E-state index contributed by atoms with van der Waals surface area (Å²) in [5, 5.41) is 6.92. The number of hydrogen-bond acceptors (Lipinski definition) is 6. The third-order valence-electron chi connectivity index (χ3n) is 5.16. The number of nitrogens with two attached hydrogens (primary N) is 1. The lowest BCUT2D eigenvalue weighted by molar-refractivity contribution is -0.137. The minimum atomic E-state index is -4.55. The van der Waals surface area contributed by atoms with E-state index in [1.54, 1.807) is 0 Å². The lowest BCUT2D eigenvalue weighted by atomic mass is 9.96. The molecule has 1 atom stereocenters. The van der Waals surface area contributed by atoms with Gasteiger partial charge in [0.1, 0.15) is 11.4 Å². The number of amides is 1. The van der Waals surface area contributed by atoms with E-state index in [1.807, 2.05) is 24.7 Å². The lowest BCUT2D eigenvalue weighted by Gasteiger charge is -2.34. The normalized spacial score (nSPS) is 21.1. The summed E-state index contributed by atoms with van der Waals surface area (Å²) < 4.78 is 47.1. The summed E-state index contributed by atoms with van der Waals surface area (Å²) in [4.78, 5) is 15.2. The van der Waals surface area contributed by atoms with Crippen LogP contribution in [0.5, 0.6) is 0 Å². The Morgan fingerprint density at radius 2 is 2.13 bits per heavy atom. The molecule has 0 radical (unpaired) electrons. The van der Waals surface area contributed by atoms with Crippen LogP contribution in [0.15, 0.2) is 18.3 Å². The third-order valence-corrected chi connectivity index (χ3v) is 5.16. The first kappa shape index (κ1) is 22.0. The largest absolute Gasteiger partial charge is 0.419 e. The molecule has 1 saturated heterocycles. The average Bonchev–Trinajstić information content (AvgIpc) is 3.28. The molecule has 1 amide bonds. The molecule has 2 aliphatic rings. The number of rotatable bonds is 3. The van der Waals surface area contributed by atoms with Crippen LogP contribution in [0.4, 0.5) is 19.0 Å². The van der Waals surface area contributed by atoms with Crippen molar-refractivity contribution in [3.8, 4) is 11.3 Å². The van der Waals surface area contributed by atoms with Gasteiger partial charge in [0.05, 0.1) is 30.1 Å². The van der Waals surface area contributed by atoms with E-state index in [9.17, 15) is 18.0 Å². The van der Waals surface area contributed by atoms with E-state index in [0.29, 0.717) is 30.8 Å². The second-order valence-electron chi connectivity index (χ2n) is 7.30. The van der Waals surface area contributed by atoms with Crippen molar-refractivity contribution in [2.45, 2.75) is 31.7 Å². The molecule has 1 fully saturated rings. The van der Waals surface area contributed by atoms with Gasteiger partial charge in [-0.1, -0.05) is 0 Å². The molecule has 1 unspecified atom stereocenters. The molecule has 2 aliphatic heterocycles. The molecule has 3 N–H and O–H groups in total. The van der Waals surface area contributed by atoms with Gasteiger partial charge in [-0.05, 0) is 32.5 Å². The van der Waals surface area contributed by atoms with Gasteiger partial charge in [-0.15, -0.1) is 0 Å². The van der Waals surface area contributed by atoms with Crippen LogP contribution in [-0.4, -0.2) is 59.4 Å². The molecule has 0 aromatic carbocycles. The molecule has 11 heteroatoms. The number of alkyl halides is 3. The number of nitrogen functional groups attached to an aromatic ring is 1. The van der Waals surface area contributed by atoms with Crippen LogP contribution in [0.25, 0.3) is 11.3 Å². The average molecular weight is 426 g/mol. The fourth-order valence-corrected chi connectivity index (χ4v) is 3.71. The van der Waals surface area contributed by atoms with Crippen molar-refractivity contribution in [1.82, 2.24) is 25.0 Å². The van der Waals surface area contributed by atoms with E-state index in [4.69, 9.17) is 10.5 Å². The summed E-state index contributed by atoms with van der Waals surface area (Å²) in [6.45, 7) is 5.36. The van der Waals surface area contributed by atoms with Crippen LogP contribution in [0, 0.1) is 0 Å². The Morgan fingerprint density at radius 1 is 1.37 bits per heavy atom. The summed E-state index contributed by atoms with van der Waals surface area (Å²) in [6.07, 6.45) is -1.71. The highest BCUT2D eigenvalue weighted by molar-refractivity contribution is 5.63. The lowest BCUT2D eigenvalue weighted by Crippen LogP contribution is -2.40. The molecular weight excluding hydrogens is 401 g/mol. The van der Waals surface area contributed by atoms with Crippen molar-refractivity contribution in [2.24, 2.45) is 0 Å². The standard InChI is InChI=1S/C16H18F3N5O.C3H7NO/c1-23-3-2-15(9-23)13-7-12(22-24(13)4-5-25-15)10-6-11(16(17,18)19)14(20)21-8-10;1-2-4-3-5/h6-8H,2-5,9H2,1H3,(H2,20,21);3H,2H2,1H3,(H,4,5). The van der Waals surface area contributed by atoms with E-state index in [-0.39, 0.29) is 0 Å². The number of nitrogens with one attached hydrogen (secondary N) is 1. The Balaban J connectivity index is 0.000000461. The second kappa shape index (κ2) is 8.60. The maximum absolute atomic E-state index is 13.1. The van der Waals surface area contributed by atoms with Gasteiger partial charge in [0.15, 0.2) is 0 Å². The van der Waals surface area contributed by atoms with Crippen molar-refractivity contribution in [3.63, 3.8) is 0 Å². The summed E-state index contributed by atoms with van der Waals surface area (Å²) >= 11 is 0. The van der Waals surface area contributed by atoms with Crippen molar-refractivity contribution < 1.29 is 22.7 Å². The van der Waals surface area contributed by atoms with E-state index in [0.717, 1.165) is 37.8 Å². The molecule has 8 nitrogen and oxygen atoms in total. The van der Waals surface area contributed by atoms with Crippen LogP contribution in [0.1, 0.15) is 24.6 Å². The van der Waals surface area contributed by atoms with Gasteiger partial charge < -0.3 is 20.7 Å². The Kier molecular flexibility index (Phi) is 6.32. The number of carbonyl (C=O) groups is 1. The molecule has 0 aliphatic carbocycles. The smallest absolute Gasteiger partial charge is 0.383 e. The molecule has 4 heterocycles. The van der Waals surface area contributed by atoms with Gasteiger partial charge >= 0.3 is 6.18 Å². The zero-order valence-electron chi connectivity index (χ0n) is 16.9. The number of anilines is 1. The highest BCUT2D eigenvalue weighted by atomic mass is 19.4. The molecule has 2 aromatic rings. The highest BCUT2D eigenvalue weighted by Gasteiger charge is 2.44. The first-order valence-electron chi connectivity index (χ1n) is 9.61. The number of aromatic nitrogens is 3. The van der Waals surface area contributed by atoms with Gasteiger partial charge in [0.2, 0.25) is 6.41 Å². The Labute approximate surface area is 172 Å². The number of likely N-dealkylation sites (N-methyl/N-ethyl adjacent to an activating group) is 1. The molecule has 2 aromatic heterocycles. The molecule has 30 heavy (non-hydrogen) atoms. The maximum Gasteiger partial charge on any atom is 0.419 e. The quantitative estimate of drug-likeness (QED) is 0.727. The fourth-order valence-electron chi connectivity index (χ4n) is 3.71. The topological polar surface area (TPSA) is 98.3 Å². The van der Waals surface area contributed by atoms with Gasteiger partial charge in [-0.25, -0.2) is 4.98 Å². The number of nitrogens with zero attached hydrogens (tertiary/aromatic N) is 4. The van der Waals surface area contributed by atoms with Crippen molar-refractivity contribution in [3.05, 3.63) is 29.6 Å². The van der Waals surface area contributed by atoms with Crippen molar-refractivity contribution in [2.75, 3.05) is 39.0 Å². The Morgan fingerprint density at radius 3 is 2.70 bits per heavy atom. The highest BCUT2D eigenvalue weighted by Crippen LogP contribution is 2.40. The summed E-state index contributed by atoms with van der Waals surface area (Å²) in [6, 6.07) is 2.82. The van der Waals surface area contributed by atoms with E-state index < -0.39 is 23.2 Å². The predicted molar refractivity (Wildman–Crippen MR) is 104 cm³/mol. The molecule has 4 rings (SSSR count). The Bertz CT molecular complexity index is 901. The van der Waals surface area contributed by atoms with Crippen LogP contribution in [0.3, 0.4) is 0 Å². The van der Waals surface area contributed by atoms with Gasteiger partial charge in [-0.3, -0.25) is 9.48 Å². The summed E-state index contributed by atoms with van der Waals surface area (Å²) in [5.74, 6) is -0.530. The van der Waals surface area contributed by atoms with Crippen LogP contribution < -0.4 is 11.1 Å². The minimum Gasteiger partial charge on any atom is -0.383 e. The third kappa shape index (κ3) is 4.41. The first-order chi connectivity index (χ1) is 14.2. The zero-order chi connectivity index (χ0) is 21.9. The van der Waals surface area contributed by atoms with Crippen LogP contribution in [0.2, 0.25) is 0 Å². The second-order valence-corrected chi connectivity index (χ2v) is 7.30. The predicted octanol–water partition coefficient (Wildman–Crippen LogP) is 1.86. The number of likely N-dealkylation sites (tertiary alicyclic amines) is 1. The molecule has 0 bridgehead atoms.